The number of thiazole rings is 1. The summed E-state index contributed by atoms with van der Waals surface area (Å²) in [5.41, 5.74) is 5.00. The van der Waals surface area contributed by atoms with E-state index in [0.717, 1.165) is 23.5 Å². The molecule has 1 aromatic heterocycles. The molecule has 3 rings (SSSR count). The molecule has 0 saturated carbocycles. The van der Waals surface area contributed by atoms with E-state index in [-0.39, 0.29) is 5.69 Å². The van der Waals surface area contributed by atoms with Gasteiger partial charge in [0.2, 0.25) is 5.13 Å². The van der Waals surface area contributed by atoms with Gasteiger partial charge >= 0.3 is 0 Å². The normalized spacial score (nSPS) is 14.1. The van der Waals surface area contributed by atoms with Gasteiger partial charge in [-0.05, 0) is 43.4 Å². The predicted octanol–water partition coefficient (Wildman–Crippen LogP) is 3.38. The number of nitrogens with one attached hydrogen (secondary N) is 1. The van der Waals surface area contributed by atoms with Gasteiger partial charge in [0.05, 0.1) is 16.8 Å². The summed E-state index contributed by atoms with van der Waals surface area (Å²) in [4.78, 5) is 16.0. The van der Waals surface area contributed by atoms with Crippen molar-refractivity contribution in [2.75, 3.05) is 5.43 Å². The molecule has 0 amide bonds. The monoisotopic (exact) mass is 302 g/mol. The summed E-state index contributed by atoms with van der Waals surface area (Å²) in [6.07, 6.45) is 6.24. The third kappa shape index (κ3) is 3.25. The van der Waals surface area contributed by atoms with Crippen LogP contribution in [0.4, 0.5) is 10.8 Å². The Morgan fingerprint density at radius 1 is 1.29 bits per heavy atom. The van der Waals surface area contributed by atoms with Gasteiger partial charge in [-0.25, -0.2) is 4.98 Å². The topological polar surface area (TPSA) is 80.4 Å². The van der Waals surface area contributed by atoms with Crippen molar-refractivity contribution in [1.82, 2.24) is 4.98 Å². The van der Waals surface area contributed by atoms with Gasteiger partial charge in [0.1, 0.15) is 0 Å². The number of anilines is 1. The van der Waals surface area contributed by atoms with Crippen molar-refractivity contribution in [1.29, 1.82) is 0 Å². The Kier molecular flexibility index (Phi) is 3.92. The second-order valence-corrected chi connectivity index (χ2v) is 5.90. The molecule has 1 N–H and O–H groups in total. The van der Waals surface area contributed by atoms with E-state index in [1.54, 1.807) is 29.7 Å². The van der Waals surface area contributed by atoms with E-state index in [1.165, 1.54) is 35.5 Å². The molecule has 7 heteroatoms. The zero-order valence-corrected chi connectivity index (χ0v) is 12.1. The summed E-state index contributed by atoms with van der Waals surface area (Å²) < 4.78 is 0. The molecular formula is C14H14N4O2S. The van der Waals surface area contributed by atoms with Crippen LogP contribution in [-0.4, -0.2) is 16.1 Å². The number of non-ortho nitro benzene ring substituents is 1. The zero-order chi connectivity index (χ0) is 14.7. The number of aryl methyl sites for hydroxylation is 2. The van der Waals surface area contributed by atoms with Crippen molar-refractivity contribution in [3.8, 4) is 0 Å². The van der Waals surface area contributed by atoms with Gasteiger partial charge in [0, 0.05) is 17.0 Å². The molecule has 1 heterocycles. The lowest BCUT2D eigenvalue weighted by atomic mass is 10.0. The van der Waals surface area contributed by atoms with E-state index in [4.69, 9.17) is 0 Å². The first-order valence-corrected chi connectivity index (χ1v) is 7.56. The highest BCUT2D eigenvalue weighted by molar-refractivity contribution is 7.15. The van der Waals surface area contributed by atoms with Gasteiger partial charge in [-0.3, -0.25) is 15.5 Å². The van der Waals surface area contributed by atoms with Crippen LogP contribution < -0.4 is 5.43 Å². The minimum absolute atomic E-state index is 0.0766. The minimum atomic E-state index is -0.417. The van der Waals surface area contributed by atoms with Crippen LogP contribution in [0.3, 0.4) is 0 Å². The van der Waals surface area contributed by atoms with Gasteiger partial charge in [0.15, 0.2) is 0 Å². The average Bonchev–Trinajstić information content (AvgIpc) is 2.90. The molecule has 0 saturated heterocycles. The minimum Gasteiger partial charge on any atom is -0.258 e. The van der Waals surface area contributed by atoms with Crippen LogP contribution in [0.25, 0.3) is 0 Å². The Labute approximate surface area is 125 Å². The van der Waals surface area contributed by atoms with Crippen LogP contribution in [-0.2, 0) is 12.8 Å². The fourth-order valence-corrected chi connectivity index (χ4v) is 3.24. The van der Waals surface area contributed by atoms with Gasteiger partial charge < -0.3 is 0 Å². The van der Waals surface area contributed by atoms with Crippen molar-refractivity contribution in [3.63, 3.8) is 0 Å². The summed E-state index contributed by atoms with van der Waals surface area (Å²) in [6, 6.07) is 6.25. The molecule has 108 valence electrons. The number of rotatable bonds is 4. The Morgan fingerprint density at radius 2 is 2.05 bits per heavy atom. The standard InChI is InChI=1S/C14H14N4O2S/c19-18(20)11-7-5-10(6-8-11)9-15-17-14-16-12-3-1-2-4-13(12)21-14/h5-9H,1-4H2,(H,16,17)/b15-9+. The highest BCUT2D eigenvalue weighted by atomic mass is 32.1. The number of fused-ring (bicyclic) bond motifs is 1. The third-order valence-corrected chi connectivity index (χ3v) is 4.39. The smallest absolute Gasteiger partial charge is 0.258 e. The maximum atomic E-state index is 10.6. The van der Waals surface area contributed by atoms with E-state index < -0.39 is 4.92 Å². The zero-order valence-electron chi connectivity index (χ0n) is 11.3. The number of nitrogens with zero attached hydrogens (tertiary/aromatic N) is 3. The Balaban J connectivity index is 1.63. The Morgan fingerprint density at radius 3 is 2.76 bits per heavy atom. The summed E-state index contributed by atoms with van der Waals surface area (Å²) in [7, 11) is 0. The number of aromatic nitrogens is 1. The van der Waals surface area contributed by atoms with Gasteiger partial charge in [-0.15, -0.1) is 11.3 Å². The molecule has 0 bridgehead atoms. The molecule has 0 unspecified atom stereocenters. The van der Waals surface area contributed by atoms with Crippen molar-refractivity contribution < 1.29 is 4.92 Å². The maximum absolute atomic E-state index is 10.6. The maximum Gasteiger partial charge on any atom is 0.269 e. The van der Waals surface area contributed by atoms with Crippen LogP contribution in [0.2, 0.25) is 0 Å². The molecule has 6 nitrogen and oxygen atoms in total. The van der Waals surface area contributed by atoms with Crippen molar-refractivity contribution in [2.45, 2.75) is 25.7 Å². The average molecular weight is 302 g/mol. The van der Waals surface area contributed by atoms with Gasteiger partial charge in [-0.2, -0.15) is 5.10 Å². The van der Waals surface area contributed by atoms with Crippen LogP contribution in [0.5, 0.6) is 0 Å². The fourth-order valence-electron chi connectivity index (χ4n) is 2.24. The van der Waals surface area contributed by atoms with Gasteiger partial charge in [-0.1, -0.05) is 0 Å². The molecule has 2 aromatic rings. The fraction of sp³-hybridized carbons (Fsp3) is 0.286. The number of hydrazone groups is 1. The van der Waals surface area contributed by atoms with Crippen molar-refractivity contribution >= 4 is 28.4 Å². The summed E-state index contributed by atoms with van der Waals surface area (Å²) >= 11 is 1.65. The molecule has 0 aliphatic heterocycles. The molecule has 0 fully saturated rings. The predicted molar refractivity (Wildman–Crippen MR) is 83.1 cm³/mol. The summed E-state index contributed by atoms with van der Waals surface area (Å²) in [5.74, 6) is 0. The van der Waals surface area contributed by atoms with E-state index in [9.17, 15) is 10.1 Å². The lowest BCUT2D eigenvalue weighted by Gasteiger charge is -2.06. The number of benzene rings is 1. The first-order chi connectivity index (χ1) is 10.2. The molecule has 1 aliphatic carbocycles. The lowest BCUT2D eigenvalue weighted by Crippen LogP contribution is -1.99. The molecule has 0 spiro atoms. The van der Waals surface area contributed by atoms with E-state index >= 15 is 0 Å². The molecule has 0 radical (unpaired) electrons. The first kappa shape index (κ1) is 13.7. The quantitative estimate of drug-likeness (QED) is 0.533. The van der Waals surface area contributed by atoms with E-state index in [1.807, 2.05) is 0 Å². The first-order valence-electron chi connectivity index (χ1n) is 6.74. The van der Waals surface area contributed by atoms with Crippen LogP contribution in [0.1, 0.15) is 29.0 Å². The number of hydrogen-bond acceptors (Lipinski definition) is 6. The van der Waals surface area contributed by atoms with Crippen LogP contribution in [0.15, 0.2) is 29.4 Å². The Hall–Kier alpha value is -2.28. The van der Waals surface area contributed by atoms with Gasteiger partial charge in [0.25, 0.3) is 5.69 Å². The van der Waals surface area contributed by atoms with E-state index in [2.05, 4.69) is 15.5 Å². The molecule has 1 aromatic carbocycles. The van der Waals surface area contributed by atoms with Crippen molar-refractivity contribution in [2.24, 2.45) is 5.10 Å². The SMILES string of the molecule is O=[N+]([O-])c1ccc(/C=N/Nc2nc3c(s2)CCCC3)cc1. The Bertz CT molecular complexity index is 655. The number of nitro benzene ring substituents is 1. The molecular weight excluding hydrogens is 288 g/mol. The second kappa shape index (κ2) is 6.01. The highest BCUT2D eigenvalue weighted by Gasteiger charge is 2.14. The summed E-state index contributed by atoms with van der Waals surface area (Å²) in [6.45, 7) is 0. The molecule has 21 heavy (non-hydrogen) atoms. The van der Waals surface area contributed by atoms with Crippen molar-refractivity contribution in [3.05, 3.63) is 50.5 Å². The second-order valence-electron chi connectivity index (χ2n) is 4.81. The highest BCUT2D eigenvalue weighted by Crippen LogP contribution is 2.29. The molecule has 1 aliphatic rings. The van der Waals surface area contributed by atoms with E-state index in [0.29, 0.717) is 0 Å². The number of nitro groups is 1. The summed E-state index contributed by atoms with van der Waals surface area (Å²) in [5, 5.41) is 15.5. The lowest BCUT2D eigenvalue weighted by molar-refractivity contribution is -0.384. The number of hydrogen-bond donors (Lipinski definition) is 1. The van der Waals surface area contributed by atoms with Crippen LogP contribution in [0, 0.1) is 10.1 Å². The molecule has 0 atom stereocenters. The third-order valence-electron chi connectivity index (χ3n) is 3.32. The largest absolute Gasteiger partial charge is 0.269 e. The van der Waals surface area contributed by atoms with Crippen LogP contribution >= 0.6 is 11.3 Å².